The smallest absolute Gasteiger partial charge is 0.181 e. The van der Waals surface area contributed by atoms with Gasteiger partial charge in [-0.2, -0.15) is 0 Å². The largest absolute Gasteiger partial charge is 0.309 e. The van der Waals surface area contributed by atoms with E-state index in [1.54, 1.807) is 0 Å². The molecule has 0 atom stereocenters. The Morgan fingerprint density at radius 1 is 0.266 bits per heavy atom. The van der Waals surface area contributed by atoms with E-state index in [1.165, 1.54) is 91.9 Å². The molecule has 0 bridgehead atoms. The highest BCUT2D eigenvalue weighted by Gasteiger charge is 2.44. The lowest BCUT2D eigenvalue weighted by Gasteiger charge is -2.35. The first-order valence-electron chi connectivity index (χ1n) is 22.1. The lowest BCUT2D eigenvalue weighted by atomic mass is 10.1. The first kappa shape index (κ1) is 36.5. The predicted molar refractivity (Wildman–Crippen MR) is 273 cm³/mol. The van der Waals surface area contributed by atoms with Crippen LogP contribution in [0.2, 0.25) is 0 Å². The van der Waals surface area contributed by atoms with Crippen LogP contribution in [0.3, 0.4) is 0 Å². The average molecular weight is 832 g/mol. The van der Waals surface area contributed by atoms with Crippen molar-refractivity contribution in [2.45, 2.75) is 0 Å². The Balaban J connectivity index is 1.24. The molecule has 0 fully saturated rings. The molecule has 0 N–H and O–H groups in total. The highest BCUT2D eigenvalue weighted by molar-refractivity contribution is 7.20. The number of aromatic nitrogens is 3. The molecule has 13 rings (SSSR count). The summed E-state index contributed by atoms with van der Waals surface area (Å²) < 4.78 is 7.52. The van der Waals surface area contributed by atoms with Crippen LogP contribution in [0.1, 0.15) is 0 Å². The lowest BCUT2D eigenvalue weighted by Crippen LogP contribution is -2.75. The Kier molecular flexibility index (Phi) is 8.23. The Hall–Kier alpha value is -8.18. The number of benzene rings is 10. The maximum absolute atomic E-state index is 3.08. The van der Waals surface area contributed by atoms with Crippen molar-refractivity contribution in [2.24, 2.45) is 0 Å². The molecule has 0 aliphatic rings. The van der Waals surface area contributed by atoms with Crippen molar-refractivity contribution < 1.29 is 0 Å². The summed E-state index contributed by atoms with van der Waals surface area (Å²) in [5.74, 6) is 0. The fraction of sp³-hybridized carbons (Fsp3) is 0. The van der Waals surface area contributed by atoms with Gasteiger partial charge in [0.1, 0.15) is 0 Å². The maximum atomic E-state index is 2.60. The van der Waals surface area contributed by atoms with Gasteiger partial charge in [0.15, 0.2) is 8.07 Å². The average Bonchev–Trinajstić information content (AvgIpc) is 4.02. The minimum atomic E-state index is -3.08. The van der Waals surface area contributed by atoms with E-state index < -0.39 is 8.07 Å². The van der Waals surface area contributed by atoms with Crippen molar-refractivity contribution in [1.82, 2.24) is 13.7 Å². The Morgan fingerprint density at radius 3 is 1.20 bits per heavy atom. The highest BCUT2D eigenvalue weighted by atomic mass is 28.3. The molecular formula is C60H41N3Si. The van der Waals surface area contributed by atoms with E-state index in [9.17, 15) is 0 Å². The van der Waals surface area contributed by atoms with Gasteiger partial charge in [-0.1, -0.05) is 188 Å². The molecule has 10 aromatic carbocycles. The summed E-state index contributed by atoms with van der Waals surface area (Å²) in [7, 11) is -3.08. The summed E-state index contributed by atoms with van der Waals surface area (Å²) in [4.78, 5) is 0. The van der Waals surface area contributed by atoms with Crippen LogP contribution in [0, 0.1) is 0 Å². The second kappa shape index (κ2) is 14.5. The van der Waals surface area contributed by atoms with Gasteiger partial charge in [-0.3, -0.25) is 0 Å². The van der Waals surface area contributed by atoms with E-state index in [0.717, 1.165) is 11.4 Å². The molecule has 3 heterocycles. The number of hydrogen-bond donors (Lipinski definition) is 0. The standard InChI is InChI=1S/C60H41N3Si/c1-5-21-42(22-6-1)61-52-33-17-15-31-49(52)51-41-43(37-38-56(51)61)62-55-36-20-16-32-50(55)59-57(63-53-34-18-13-29-47(53)48-30-14-19-35-54(48)63)39-40-58(60(59)62)64(44-23-7-2-8-24-44,45-25-9-3-10-26-45)46-27-11-4-12-28-46/h1-41H. The zero-order chi connectivity index (χ0) is 42.2. The summed E-state index contributed by atoms with van der Waals surface area (Å²) >= 11 is 0. The normalized spacial score (nSPS) is 12.1. The third kappa shape index (κ3) is 5.21. The highest BCUT2D eigenvalue weighted by Crippen LogP contribution is 2.41. The molecular weight excluding hydrogens is 791 g/mol. The van der Waals surface area contributed by atoms with Crippen LogP contribution in [0.15, 0.2) is 249 Å². The van der Waals surface area contributed by atoms with Gasteiger partial charge in [0, 0.05) is 43.7 Å². The van der Waals surface area contributed by atoms with Gasteiger partial charge in [0.25, 0.3) is 0 Å². The van der Waals surface area contributed by atoms with Crippen LogP contribution in [-0.2, 0) is 0 Å². The molecule has 0 amide bonds. The molecule has 0 aliphatic carbocycles. The number of nitrogens with zero attached hydrogens (tertiary/aromatic N) is 3. The quantitative estimate of drug-likeness (QED) is 0.112. The summed E-state index contributed by atoms with van der Waals surface area (Å²) in [6.45, 7) is 0. The van der Waals surface area contributed by atoms with Gasteiger partial charge in [0.05, 0.1) is 38.8 Å². The molecule has 4 heteroatoms. The van der Waals surface area contributed by atoms with Gasteiger partial charge in [-0.05, 0) is 81.4 Å². The SMILES string of the molecule is c1ccc(-n2c3ccccc3c3cc(-n4c5ccccc5c5c(-n6c7ccccc7c7ccccc76)ccc([Si](c6ccccc6)(c6ccccc6)c6ccccc6)c54)ccc32)cc1. The van der Waals surface area contributed by atoms with E-state index in [-0.39, 0.29) is 0 Å². The fourth-order valence-electron chi connectivity index (χ4n) is 11.0. The first-order valence-corrected chi connectivity index (χ1v) is 24.1. The van der Waals surface area contributed by atoms with Crippen molar-refractivity contribution in [1.29, 1.82) is 0 Å². The van der Waals surface area contributed by atoms with E-state index >= 15 is 0 Å². The number of rotatable bonds is 7. The topological polar surface area (TPSA) is 14.8 Å². The third-order valence-electron chi connectivity index (χ3n) is 13.6. The fourth-order valence-corrected chi connectivity index (χ4v) is 15.9. The summed E-state index contributed by atoms with van der Waals surface area (Å²) in [5.41, 5.74) is 10.6. The Labute approximate surface area is 372 Å². The van der Waals surface area contributed by atoms with Crippen molar-refractivity contribution in [3.8, 4) is 17.1 Å². The van der Waals surface area contributed by atoms with Gasteiger partial charge >= 0.3 is 0 Å². The minimum Gasteiger partial charge on any atom is -0.309 e. The molecule has 3 nitrogen and oxygen atoms in total. The number of fused-ring (bicyclic) bond motifs is 9. The van der Waals surface area contributed by atoms with Gasteiger partial charge in [-0.25, -0.2) is 0 Å². The molecule has 0 unspecified atom stereocenters. The predicted octanol–water partition coefficient (Wildman–Crippen LogP) is 12.4. The molecule has 0 radical (unpaired) electrons. The minimum absolute atomic E-state index is 1.13. The summed E-state index contributed by atoms with van der Waals surface area (Å²) in [6, 6.07) is 92.5. The van der Waals surface area contributed by atoms with Crippen LogP contribution in [0.25, 0.3) is 82.5 Å². The van der Waals surface area contributed by atoms with Crippen molar-refractivity contribution in [3.05, 3.63) is 249 Å². The van der Waals surface area contributed by atoms with Crippen LogP contribution >= 0.6 is 0 Å². The van der Waals surface area contributed by atoms with Crippen molar-refractivity contribution in [2.75, 3.05) is 0 Å². The van der Waals surface area contributed by atoms with Gasteiger partial charge in [0.2, 0.25) is 0 Å². The molecule has 0 aliphatic heterocycles. The molecule has 0 spiro atoms. The van der Waals surface area contributed by atoms with E-state index in [4.69, 9.17) is 0 Å². The molecule has 64 heavy (non-hydrogen) atoms. The zero-order valence-corrected chi connectivity index (χ0v) is 36.0. The monoisotopic (exact) mass is 831 g/mol. The van der Waals surface area contributed by atoms with Crippen LogP contribution < -0.4 is 20.7 Å². The van der Waals surface area contributed by atoms with Gasteiger partial charge < -0.3 is 13.7 Å². The summed E-state index contributed by atoms with van der Waals surface area (Å²) in [5, 5.41) is 12.8. The Bertz CT molecular complexity index is 3730. The van der Waals surface area contributed by atoms with Crippen molar-refractivity contribution >= 4 is 94.2 Å². The van der Waals surface area contributed by atoms with Crippen LogP contribution in [-0.4, -0.2) is 21.8 Å². The molecule has 3 aromatic heterocycles. The first-order chi connectivity index (χ1) is 31.8. The molecule has 300 valence electrons. The molecule has 13 aromatic rings. The third-order valence-corrected chi connectivity index (χ3v) is 18.4. The van der Waals surface area contributed by atoms with Gasteiger partial charge in [-0.15, -0.1) is 0 Å². The maximum Gasteiger partial charge on any atom is 0.181 e. The summed E-state index contributed by atoms with van der Waals surface area (Å²) in [6.07, 6.45) is 0. The van der Waals surface area contributed by atoms with E-state index in [2.05, 4.69) is 262 Å². The lowest BCUT2D eigenvalue weighted by molar-refractivity contribution is 1.16. The molecule has 0 saturated heterocycles. The van der Waals surface area contributed by atoms with Crippen LogP contribution in [0.5, 0.6) is 0 Å². The van der Waals surface area contributed by atoms with Crippen LogP contribution in [0.4, 0.5) is 0 Å². The van der Waals surface area contributed by atoms with E-state index in [0.29, 0.717) is 0 Å². The van der Waals surface area contributed by atoms with Crippen molar-refractivity contribution in [3.63, 3.8) is 0 Å². The zero-order valence-electron chi connectivity index (χ0n) is 35.0. The Morgan fingerprint density at radius 2 is 0.672 bits per heavy atom. The molecule has 0 saturated carbocycles. The number of hydrogen-bond acceptors (Lipinski definition) is 0. The van der Waals surface area contributed by atoms with E-state index in [1.807, 2.05) is 0 Å². The second-order valence-electron chi connectivity index (χ2n) is 16.8. The number of para-hydroxylation sites is 5. The second-order valence-corrected chi connectivity index (χ2v) is 20.6.